The molecule has 1 amide bonds. The fourth-order valence-corrected chi connectivity index (χ4v) is 2.26. The standard InChI is InChI=1S/C11H8ClF2N3O2S/c1-19-6-4-2-3-5(7(6)12)15-11(18)9-8(10(13)14)16-17-20-9/h2-4,10H,1H3,(H,15,18). The number of amides is 1. The van der Waals surface area contributed by atoms with Gasteiger partial charge in [0.1, 0.15) is 15.6 Å². The third kappa shape index (κ3) is 2.86. The lowest BCUT2D eigenvalue weighted by molar-refractivity contribution is 0.101. The zero-order valence-corrected chi connectivity index (χ0v) is 11.6. The largest absolute Gasteiger partial charge is 0.495 e. The molecule has 5 nitrogen and oxygen atoms in total. The minimum absolute atomic E-state index is 0.180. The number of alkyl halides is 2. The van der Waals surface area contributed by atoms with Crippen LogP contribution < -0.4 is 10.1 Å². The lowest BCUT2D eigenvalue weighted by atomic mass is 10.2. The number of hydrogen-bond acceptors (Lipinski definition) is 5. The van der Waals surface area contributed by atoms with Crippen LogP contribution in [0, 0.1) is 0 Å². The molecule has 106 valence electrons. The highest BCUT2D eigenvalue weighted by Gasteiger charge is 2.24. The number of carbonyl (C=O) groups excluding carboxylic acids is 1. The van der Waals surface area contributed by atoms with Gasteiger partial charge in [-0.2, -0.15) is 0 Å². The van der Waals surface area contributed by atoms with Crippen molar-refractivity contribution >= 4 is 34.7 Å². The molecule has 0 unspecified atom stereocenters. The van der Waals surface area contributed by atoms with Gasteiger partial charge in [-0.05, 0) is 23.7 Å². The molecule has 2 aromatic rings. The van der Waals surface area contributed by atoms with Gasteiger partial charge in [0.05, 0.1) is 12.8 Å². The maximum absolute atomic E-state index is 12.6. The molecule has 0 fully saturated rings. The lowest BCUT2D eigenvalue weighted by Crippen LogP contribution is -2.13. The summed E-state index contributed by atoms with van der Waals surface area (Å²) in [5, 5.41) is 5.84. The highest BCUT2D eigenvalue weighted by Crippen LogP contribution is 2.32. The van der Waals surface area contributed by atoms with Crippen LogP contribution in [-0.4, -0.2) is 22.6 Å². The van der Waals surface area contributed by atoms with Crippen molar-refractivity contribution in [1.82, 2.24) is 9.59 Å². The van der Waals surface area contributed by atoms with E-state index in [0.717, 1.165) is 0 Å². The number of methoxy groups -OCH3 is 1. The number of aromatic nitrogens is 2. The van der Waals surface area contributed by atoms with Crippen LogP contribution in [-0.2, 0) is 0 Å². The Morgan fingerprint density at radius 3 is 2.90 bits per heavy atom. The molecule has 1 N–H and O–H groups in total. The van der Waals surface area contributed by atoms with Crippen molar-refractivity contribution in [2.45, 2.75) is 6.43 Å². The SMILES string of the molecule is COc1cccc(NC(=O)c2snnc2C(F)F)c1Cl. The fourth-order valence-electron chi connectivity index (χ4n) is 1.44. The minimum atomic E-state index is -2.87. The Labute approximate surface area is 121 Å². The van der Waals surface area contributed by atoms with E-state index in [-0.39, 0.29) is 15.6 Å². The number of nitrogens with one attached hydrogen (secondary N) is 1. The average molecular weight is 320 g/mol. The van der Waals surface area contributed by atoms with Gasteiger partial charge in [0, 0.05) is 0 Å². The Morgan fingerprint density at radius 1 is 1.50 bits per heavy atom. The van der Waals surface area contributed by atoms with Crippen LogP contribution in [0.1, 0.15) is 21.8 Å². The molecule has 20 heavy (non-hydrogen) atoms. The molecule has 1 heterocycles. The Balaban J connectivity index is 2.26. The molecule has 1 aromatic carbocycles. The van der Waals surface area contributed by atoms with E-state index < -0.39 is 18.0 Å². The van der Waals surface area contributed by atoms with Crippen molar-refractivity contribution in [2.75, 3.05) is 12.4 Å². The van der Waals surface area contributed by atoms with Crippen LogP contribution in [0.5, 0.6) is 5.75 Å². The maximum atomic E-state index is 12.6. The maximum Gasteiger partial charge on any atom is 0.283 e. The van der Waals surface area contributed by atoms with Crippen molar-refractivity contribution < 1.29 is 18.3 Å². The number of benzene rings is 1. The van der Waals surface area contributed by atoms with Crippen LogP contribution in [0.25, 0.3) is 0 Å². The van der Waals surface area contributed by atoms with Crippen LogP contribution in [0.2, 0.25) is 5.02 Å². The summed E-state index contributed by atoms with van der Waals surface area (Å²) < 4.78 is 33.6. The van der Waals surface area contributed by atoms with Crippen LogP contribution in [0.4, 0.5) is 14.5 Å². The second-order valence-corrected chi connectivity index (χ2v) is 4.70. The van der Waals surface area contributed by atoms with E-state index in [0.29, 0.717) is 17.3 Å². The van der Waals surface area contributed by atoms with E-state index in [1.807, 2.05) is 0 Å². The molecule has 0 spiro atoms. The molecule has 0 radical (unpaired) electrons. The number of ether oxygens (including phenoxy) is 1. The van der Waals surface area contributed by atoms with E-state index in [9.17, 15) is 13.6 Å². The van der Waals surface area contributed by atoms with E-state index in [4.69, 9.17) is 16.3 Å². The Morgan fingerprint density at radius 2 is 2.25 bits per heavy atom. The third-order valence-electron chi connectivity index (χ3n) is 2.36. The van der Waals surface area contributed by atoms with Crippen LogP contribution >= 0.6 is 23.1 Å². The number of halogens is 3. The summed E-state index contributed by atoms with van der Waals surface area (Å²) in [5.41, 5.74) is -0.392. The zero-order valence-electron chi connectivity index (χ0n) is 10.1. The normalized spacial score (nSPS) is 10.7. The second kappa shape index (κ2) is 6.10. The molecule has 0 aliphatic rings. The topological polar surface area (TPSA) is 64.1 Å². The first-order valence-corrected chi connectivity index (χ1v) is 6.44. The number of carbonyl (C=O) groups is 1. The minimum Gasteiger partial charge on any atom is -0.495 e. The Kier molecular flexibility index (Phi) is 4.46. The van der Waals surface area contributed by atoms with E-state index in [1.165, 1.54) is 13.2 Å². The second-order valence-electron chi connectivity index (χ2n) is 3.56. The molecule has 0 aliphatic carbocycles. The Bertz CT molecular complexity index is 636. The predicted molar refractivity (Wildman–Crippen MR) is 70.8 cm³/mol. The van der Waals surface area contributed by atoms with Gasteiger partial charge in [-0.15, -0.1) is 5.10 Å². The first-order chi connectivity index (χ1) is 9.54. The number of anilines is 1. The lowest BCUT2D eigenvalue weighted by Gasteiger charge is -2.09. The van der Waals surface area contributed by atoms with Gasteiger partial charge in [0.25, 0.3) is 12.3 Å². The van der Waals surface area contributed by atoms with Gasteiger partial charge in [-0.25, -0.2) is 8.78 Å². The van der Waals surface area contributed by atoms with Gasteiger partial charge in [-0.1, -0.05) is 22.2 Å². The molecule has 0 saturated heterocycles. The van der Waals surface area contributed by atoms with Gasteiger partial charge in [0.15, 0.2) is 5.69 Å². The molecule has 0 aliphatic heterocycles. The molecule has 2 rings (SSSR count). The third-order valence-corrected chi connectivity index (χ3v) is 3.49. The summed E-state index contributed by atoms with van der Waals surface area (Å²) in [6.07, 6.45) is -2.87. The van der Waals surface area contributed by atoms with Crippen molar-refractivity contribution in [3.05, 3.63) is 33.8 Å². The summed E-state index contributed by atoms with van der Waals surface area (Å²) >= 11 is 6.59. The van der Waals surface area contributed by atoms with Gasteiger partial charge in [0.2, 0.25) is 0 Å². The first-order valence-electron chi connectivity index (χ1n) is 5.28. The number of nitrogens with zero attached hydrogens (tertiary/aromatic N) is 2. The quantitative estimate of drug-likeness (QED) is 0.938. The van der Waals surface area contributed by atoms with Gasteiger partial charge >= 0.3 is 0 Å². The molecule has 9 heteroatoms. The van der Waals surface area contributed by atoms with Crippen molar-refractivity contribution in [3.8, 4) is 5.75 Å². The van der Waals surface area contributed by atoms with Gasteiger partial charge < -0.3 is 10.1 Å². The van der Waals surface area contributed by atoms with Crippen molar-refractivity contribution in [2.24, 2.45) is 0 Å². The fraction of sp³-hybridized carbons (Fsp3) is 0.182. The Hall–Kier alpha value is -1.80. The average Bonchev–Trinajstić information content (AvgIpc) is 2.90. The number of hydrogen-bond donors (Lipinski definition) is 1. The van der Waals surface area contributed by atoms with E-state index in [2.05, 4.69) is 14.9 Å². The number of rotatable bonds is 4. The van der Waals surface area contributed by atoms with Gasteiger partial charge in [-0.3, -0.25) is 4.79 Å². The smallest absolute Gasteiger partial charge is 0.283 e. The highest BCUT2D eigenvalue weighted by atomic mass is 35.5. The molecule has 1 aromatic heterocycles. The molecular formula is C11H8ClF2N3O2S. The highest BCUT2D eigenvalue weighted by molar-refractivity contribution is 7.08. The molecule has 0 bridgehead atoms. The van der Waals surface area contributed by atoms with Crippen LogP contribution in [0.15, 0.2) is 18.2 Å². The molecular weight excluding hydrogens is 312 g/mol. The van der Waals surface area contributed by atoms with E-state index >= 15 is 0 Å². The molecule has 0 saturated carbocycles. The van der Waals surface area contributed by atoms with Crippen molar-refractivity contribution in [1.29, 1.82) is 0 Å². The van der Waals surface area contributed by atoms with Crippen LogP contribution in [0.3, 0.4) is 0 Å². The summed E-state index contributed by atoms with van der Waals surface area (Å²) in [7, 11) is 1.43. The predicted octanol–water partition coefficient (Wildman–Crippen LogP) is 3.39. The molecule has 0 atom stereocenters. The van der Waals surface area contributed by atoms with Crippen molar-refractivity contribution in [3.63, 3.8) is 0 Å². The first kappa shape index (κ1) is 14.6. The monoisotopic (exact) mass is 319 g/mol. The zero-order chi connectivity index (χ0) is 14.7. The summed E-state index contributed by atoms with van der Waals surface area (Å²) in [6.45, 7) is 0. The summed E-state index contributed by atoms with van der Waals surface area (Å²) in [4.78, 5) is 11.7. The summed E-state index contributed by atoms with van der Waals surface area (Å²) in [5.74, 6) is -0.383. The summed E-state index contributed by atoms with van der Waals surface area (Å²) in [6, 6.07) is 4.75. The van der Waals surface area contributed by atoms with E-state index in [1.54, 1.807) is 12.1 Å².